The monoisotopic (exact) mass is 425 g/mol. The molecule has 3 aliphatic rings. The molecule has 2 aliphatic heterocycles. The fourth-order valence-corrected chi connectivity index (χ4v) is 5.97. The van der Waals surface area contributed by atoms with Gasteiger partial charge in [-0.15, -0.1) is 0 Å². The van der Waals surface area contributed by atoms with Gasteiger partial charge < -0.3 is 9.64 Å². The van der Waals surface area contributed by atoms with Crippen molar-refractivity contribution in [2.45, 2.75) is 31.2 Å². The van der Waals surface area contributed by atoms with Crippen molar-refractivity contribution in [3.63, 3.8) is 0 Å². The Morgan fingerprint density at radius 2 is 2.00 bits per heavy atom. The Morgan fingerprint density at radius 3 is 2.94 bits per heavy atom. The van der Waals surface area contributed by atoms with Crippen molar-refractivity contribution >= 4 is 34.4 Å². The fraction of sp³-hybridized carbons (Fsp3) is 0.222. The largest absolute Gasteiger partial charge is 0.489 e. The highest BCUT2D eigenvalue weighted by Crippen LogP contribution is 2.52. The van der Waals surface area contributed by atoms with Crippen molar-refractivity contribution in [3.8, 4) is 5.75 Å². The highest BCUT2D eigenvalue weighted by atomic mass is 32.2. The first-order valence-electron chi connectivity index (χ1n) is 11.1. The molecule has 0 fully saturated rings. The Hall–Kier alpha value is -2.98. The topological polar surface area (TPSA) is 16.4 Å². The number of benzene rings is 2. The molecule has 31 heavy (non-hydrogen) atoms. The van der Waals surface area contributed by atoms with E-state index in [1.807, 2.05) is 11.8 Å². The van der Waals surface area contributed by atoms with E-state index in [9.17, 15) is 0 Å². The van der Waals surface area contributed by atoms with Crippen molar-refractivity contribution in [2.24, 2.45) is 0 Å². The van der Waals surface area contributed by atoms with Gasteiger partial charge in [-0.3, -0.25) is 0 Å². The van der Waals surface area contributed by atoms with Gasteiger partial charge in [0.15, 0.2) is 6.20 Å². The van der Waals surface area contributed by atoms with Crippen LogP contribution in [0.5, 0.6) is 5.75 Å². The van der Waals surface area contributed by atoms with Crippen LogP contribution in [-0.4, -0.2) is 13.2 Å². The number of hydrogen-bond donors (Lipinski definition) is 0. The summed E-state index contributed by atoms with van der Waals surface area (Å²) in [4.78, 5) is 3.73. The summed E-state index contributed by atoms with van der Waals surface area (Å²) < 4.78 is 8.17. The van der Waals surface area contributed by atoms with Crippen LogP contribution in [0.25, 0.3) is 17.0 Å². The minimum Gasteiger partial charge on any atom is -0.489 e. The van der Waals surface area contributed by atoms with Gasteiger partial charge in [-0.1, -0.05) is 42.1 Å². The molecule has 3 aromatic rings. The highest BCUT2D eigenvalue weighted by Gasteiger charge is 2.31. The molecule has 3 heterocycles. The molecule has 0 atom stereocenters. The third-order valence-corrected chi connectivity index (χ3v) is 7.40. The summed E-state index contributed by atoms with van der Waals surface area (Å²) >= 11 is 1.87. The Morgan fingerprint density at radius 1 is 1.06 bits per heavy atom. The Kier molecular flexibility index (Phi) is 4.61. The van der Waals surface area contributed by atoms with E-state index >= 15 is 0 Å². The van der Waals surface area contributed by atoms with E-state index in [4.69, 9.17) is 4.74 Å². The third kappa shape index (κ3) is 3.26. The van der Waals surface area contributed by atoms with Gasteiger partial charge in [0.1, 0.15) is 18.9 Å². The van der Waals surface area contributed by atoms with Crippen LogP contribution in [0.3, 0.4) is 0 Å². The quantitative estimate of drug-likeness (QED) is 0.472. The van der Waals surface area contributed by atoms with Gasteiger partial charge >= 0.3 is 0 Å². The van der Waals surface area contributed by atoms with Crippen molar-refractivity contribution in [2.75, 3.05) is 18.1 Å². The summed E-state index contributed by atoms with van der Waals surface area (Å²) in [5, 5.41) is 2.65. The second kappa shape index (κ2) is 7.61. The number of ether oxygens (including phenoxy) is 1. The second-order valence-corrected chi connectivity index (χ2v) is 9.26. The van der Waals surface area contributed by atoms with E-state index in [2.05, 4.69) is 89.3 Å². The summed E-state index contributed by atoms with van der Waals surface area (Å²) in [6.07, 6.45) is 11.5. The van der Waals surface area contributed by atoms with Crippen LogP contribution in [0.4, 0.5) is 5.69 Å². The zero-order valence-electron chi connectivity index (χ0n) is 17.7. The van der Waals surface area contributed by atoms with E-state index in [1.54, 1.807) is 0 Å². The first kappa shape index (κ1) is 18.8. The molecule has 2 aromatic carbocycles. The molecule has 0 radical (unpaired) electrons. The molecule has 154 valence electrons. The molecule has 3 nitrogen and oxygen atoms in total. The van der Waals surface area contributed by atoms with Crippen molar-refractivity contribution in [3.05, 3.63) is 88.6 Å². The van der Waals surface area contributed by atoms with Gasteiger partial charge in [0.25, 0.3) is 0 Å². The third-order valence-electron chi connectivity index (χ3n) is 6.31. The number of thioether (sulfide) groups is 1. The first-order chi connectivity index (χ1) is 15.3. The minimum absolute atomic E-state index is 0.747. The molecule has 4 heteroatoms. The molecule has 1 aromatic heterocycles. The van der Waals surface area contributed by atoms with Crippen LogP contribution in [0.15, 0.2) is 88.0 Å². The molecular formula is C27H25N2OS+. The van der Waals surface area contributed by atoms with Gasteiger partial charge in [0.2, 0.25) is 5.52 Å². The lowest BCUT2D eigenvalue weighted by atomic mass is 10.1. The van der Waals surface area contributed by atoms with Gasteiger partial charge in [0, 0.05) is 17.0 Å². The molecule has 0 unspecified atom stereocenters. The molecule has 0 N–H and O–H groups in total. The minimum atomic E-state index is 0.747. The van der Waals surface area contributed by atoms with Crippen LogP contribution < -0.4 is 14.2 Å². The molecule has 0 amide bonds. The van der Waals surface area contributed by atoms with Crippen LogP contribution in [0.2, 0.25) is 0 Å². The normalized spacial score (nSPS) is 19.8. The van der Waals surface area contributed by atoms with Crippen LogP contribution in [0.1, 0.15) is 25.3 Å². The lowest BCUT2D eigenvalue weighted by Crippen LogP contribution is -2.32. The molecule has 6 rings (SSSR count). The van der Waals surface area contributed by atoms with Crippen LogP contribution in [-0.2, 0) is 6.54 Å². The lowest BCUT2D eigenvalue weighted by molar-refractivity contribution is -0.667. The number of hydrogen-bond acceptors (Lipinski definition) is 3. The van der Waals surface area contributed by atoms with Crippen LogP contribution in [0, 0.1) is 0 Å². The number of aryl methyl sites for hydroxylation is 1. The predicted molar refractivity (Wildman–Crippen MR) is 128 cm³/mol. The predicted octanol–water partition coefficient (Wildman–Crippen LogP) is 6.10. The summed E-state index contributed by atoms with van der Waals surface area (Å²) in [5.41, 5.74) is 6.68. The van der Waals surface area contributed by atoms with E-state index in [0.717, 1.165) is 38.3 Å². The number of aromatic nitrogens is 1. The Balaban J connectivity index is 1.32. The zero-order valence-corrected chi connectivity index (χ0v) is 18.5. The molecule has 0 spiro atoms. The fourth-order valence-electron chi connectivity index (χ4n) is 4.79. The zero-order chi connectivity index (χ0) is 20.8. The lowest BCUT2D eigenvalue weighted by Gasteiger charge is -2.27. The average molecular weight is 426 g/mol. The second-order valence-electron chi connectivity index (χ2n) is 8.20. The maximum Gasteiger partial charge on any atom is 0.213 e. The molecular weight excluding hydrogens is 400 g/mol. The summed E-state index contributed by atoms with van der Waals surface area (Å²) in [7, 11) is 0. The van der Waals surface area contributed by atoms with Crippen LogP contribution >= 0.6 is 11.8 Å². The van der Waals surface area contributed by atoms with E-state index in [-0.39, 0.29) is 0 Å². The van der Waals surface area contributed by atoms with Crippen molar-refractivity contribution in [1.29, 1.82) is 0 Å². The van der Waals surface area contributed by atoms with E-state index in [0.29, 0.717) is 0 Å². The number of para-hydroxylation sites is 2. The number of fused-ring (bicyclic) bond motifs is 1. The maximum absolute atomic E-state index is 5.86. The summed E-state index contributed by atoms with van der Waals surface area (Å²) in [5.74, 6) is 1.01. The van der Waals surface area contributed by atoms with Gasteiger partial charge in [-0.2, -0.15) is 4.57 Å². The SMILES string of the molecule is CC[n+]1ccc(/C=C2C=C(/C=C3\Sc4cccc5c4N3CCO5)CC/2)c2ccccc21. The van der Waals surface area contributed by atoms with Gasteiger partial charge in [0.05, 0.1) is 22.6 Å². The van der Waals surface area contributed by atoms with Crippen molar-refractivity contribution < 1.29 is 9.30 Å². The van der Waals surface area contributed by atoms with Gasteiger partial charge in [-0.25, -0.2) is 0 Å². The number of rotatable bonds is 3. The van der Waals surface area contributed by atoms with E-state index in [1.165, 1.54) is 43.2 Å². The van der Waals surface area contributed by atoms with Crippen molar-refractivity contribution in [1.82, 2.24) is 0 Å². The van der Waals surface area contributed by atoms with Gasteiger partial charge in [-0.05, 0) is 60.8 Å². The molecule has 1 aliphatic carbocycles. The Bertz CT molecular complexity index is 1290. The number of pyridine rings is 1. The molecule has 0 bridgehead atoms. The number of anilines is 1. The van der Waals surface area contributed by atoms with E-state index < -0.39 is 0 Å². The standard InChI is InChI=1S/C27H25N2OS/c1-2-28-13-12-21(22-6-3-4-7-23(22)28)17-19-10-11-20(16-19)18-26-29-14-15-30-24-8-5-9-25(31-26)27(24)29/h3-9,12-13,16-18H,2,10-11,14-15H2,1H3/q+1. The number of nitrogens with zero attached hydrogens (tertiary/aromatic N) is 2. The smallest absolute Gasteiger partial charge is 0.213 e. The summed E-state index contributed by atoms with van der Waals surface area (Å²) in [6.45, 7) is 4.85. The number of allylic oxidation sites excluding steroid dienone is 4. The maximum atomic E-state index is 5.86. The first-order valence-corrected chi connectivity index (χ1v) is 11.9. The Labute approximate surface area is 187 Å². The average Bonchev–Trinajstić information content (AvgIpc) is 3.40. The molecule has 0 saturated heterocycles. The highest BCUT2D eigenvalue weighted by molar-refractivity contribution is 8.03. The summed E-state index contributed by atoms with van der Waals surface area (Å²) in [6, 6.07) is 17.3. The molecule has 0 saturated carbocycles.